The van der Waals surface area contributed by atoms with E-state index in [0.717, 1.165) is 30.0 Å². The zero-order chi connectivity index (χ0) is 12.9. The molecule has 0 bridgehead atoms. The Morgan fingerprint density at radius 2 is 2.06 bits per heavy atom. The van der Waals surface area contributed by atoms with Crippen molar-refractivity contribution in [3.05, 3.63) is 35.1 Å². The molecule has 1 saturated carbocycles. The highest BCUT2D eigenvalue weighted by Crippen LogP contribution is 2.38. The van der Waals surface area contributed by atoms with Crippen molar-refractivity contribution in [3.8, 4) is 0 Å². The van der Waals surface area contributed by atoms with Crippen LogP contribution in [0.15, 0.2) is 18.2 Å². The molecule has 0 amide bonds. The summed E-state index contributed by atoms with van der Waals surface area (Å²) in [6.45, 7) is 5.34. The van der Waals surface area contributed by atoms with E-state index in [0.29, 0.717) is 17.8 Å². The van der Waals surface area contributed by atoms with Crippen molar-refractivity contribution in [1.29, 1.82) is 5.41 Å². The minimum atomic E-state index is -0.242. The number of hydrogen-bond acceptors (Lipinski definition) is 1. The molecule has 1 heterocycles. The monoisotopic (exact) mass is 246 g/mol. The SMILES string of the molecule is CC1CCC(N2Cc3ccc(F)cc3C2=N)C1C. The van der Waals surface area contributed by atoms with Gasteiger partial charge in [0.25, 0.3) is 0 Å². The number of nitrogens with one attached hydrogen (secondary N) is 1. The van der Waals surface area contributed by atoms with Crippen LogP contribution in [0.4, 0.5) is 4.39 Å². The highest BCUT2D eigenvalue weighted by molar-refractivity contribution is 6.00. The van der Waals surface area contributed by atoms with E-state index >= 15 is 0 Å². The maximum Gasteiger partial charge on any atom is 0.129 e. The Kier molecular flexibility index (Phi) is 2.65. The van der Waals surface area contributed by atoms with Crippen LogP contribution in [0.1, 0.15) is 37.8 Å². The van der Waals surface area contributed by atoms with E-state index in [4.69, 9.17) is 5.41 Å². The molecule has 1 aliphatic carbocycles. The number of fused-ring (bicyclic) bond motifs is 1. The normalized spacial score (nSPS) is 30.9. The molecule has 1 aromatic carbocycles. The Hall–Kier alpha value is -1.38. The van der Waals surface area contributed by atoms with Crippen molar-refractivity contribution < 1.29 is 4.39 Å². The van der Waals surface area contributed by atoms with Crippen LogP contribution in [0, 0.1) is 23.1 Å². The molecule has 3 heteroatoms. The fourth-order valence-electron chi connectivity index (χ4n) is 3.39. The molecule has 0 aromatic heterocycles. The van der Waals surface area contributed by atoms with Gasteiger partial charge in [0.05, 0.1) is 0 Å². The average Bonchev–Trinajstić information content (AvgIpc) is 2.83. The van der Waals surface area contributed by atoms with Gasteiger partial charge in [0, 0.05) is 18.2 Å². The quantitative estimate of drug-likeness (QED) is 0.807. The van der Waals surface area contributed by atoms with Crippen molar-refractivity contribution >= 4 is 5.84 Å². The molecular weight excluding hydrogens is 227 g/mol. The predicted octanol–water partition coefficient (Wildman–Crippen LogP) is 3.40. The van der Waals surface area contributed by atoms with Crippen molar-refractivity contribution in [2.75, 3.05) is 0 Å². The molecule has 96 valence electrons. The van der Waals surface area contributed by atoms with E-state index in [1.807, 2.05) is 6.07 Å². The highest BCUT2D eigenvalue weighted by Gasteiger charge is 2.38. The summed E-state index contributed by atoms with van der Waals surface area (Å²) in [5, 5.41) is 8.26. The lowest BCUT2D eigenvalue weighted by molar-refractivity contribution is 0.246. The minimum Gasteiger partial charge on any atom is -0.349 e. The zero-order valence-corrected chi connectivity index (χ0v) is 10.9. The second kappa shape index (κ2) is 4.08. The highest BCUT2D eigenvalue weighted by atomic mass is 19.1. The largest absolute Gasteiger partial charge is 0.349 e. The van der Waals surface area contributed by atoms with Gasteiger partial charge < -0.3 is 4.90 Å². The molecule has 0 radical (unpaired) electrons. The van der Waals surface area contributed by atoms with E-state index in [1.165, 1.54) is 18.6 Å². The van der Waals surface area contributed by atoms with Crippen LogP contribution in [0.5, 0.6) is 0 Å². The molecule has 1 fully saturated rings. The summed E-state index contributed by atoms with van der Waals surface area (Å²) in [6, 6.07) is 5.27. The van der Waals surface area contributed by atoms with Crippen LogP contribution < -0.4 is 0 Å². The number of nitrogens with zero attached hydrogens (tertiary/aromatic N) is 1. The minimum absolute atomic E-state index is 0.242. The Balaban J connectivity index is 1.89. The maximum atomic E-state index is 13.3. The lowest BCUT2D eigenvalue weighted by atomic mass is 9.97. The molecule has 0 saturated heterocycles. The van der Waals surface area contributed by atoms with Crippen molar-refractivity contribution in [1.82, 2.24) is 4.90 Å². The molecule has 3 unspecified atom stereocenters. The van der Waals surface area contributed by atoms with E-state index in [-0.39, 0.29) is 5.82 Å². The number of benzene rings is 1. The van der Waals surface area contributed by atoms with Crippen LogP contribution in [0.3, 0.4) is 0 Å². The van der Waals surface area contributed by atoms with Gasteiger partial charge >= 0.3 is 0 Å². The third-order valence-corrected chi connectivity index (χ3v) is 4.78. The van der Waals surface area contributed by atoms with Gasteiger partial charge in [0.2, 0.25) is 0 Å². The Morgan fingerprint density at radius 3 is 2.72 bits per heavy atom. The van der Waals surface area contributed by atoms with Gasteiger partial charge in [-0.05, 0) is 42.4 Å². The molecule has 1 N–H and O–H groups in total. The van der Waals surface area contributed by atoms with Gasteiger partial charge in [-0.25, -0.2) is 4.39 Å². The van der Waals surface area contributed by atoms with E-state index < -0.39 is 0 Å². The van der Waals surface area contributed by atoms with Gasteiger partial charge in [-0.3, -0.25) is 5.41 Å². The van der Waals surface area contributed by atoms with E-state index in [2.05, 4.69) is 18.7 Å². The first kappa shape index (κ1) is 11.7. The number of amidine groups is 1. The number of halogens is 1. The zero-order valence-electron chi connectivity index (χ0n) is 10.9. The lowest BCUT2D eigenvalue weighted by Crippen LogP contribution is -2.38. The van der Waals surface area contributed by atoms with Gasteiger partial charge in [-0.2, -0.15) is 0 Å². The lowest BCUT2D eigenvalue weighted by Gasteiger charge is -2.30. The van der Waals surface area contributed by atoms with E-state index in [9.17, 15) is 4.39 Å². The van der Waals surface area contributed by atoms with Gasteiger partial charge in [-0.1, -0.05) is 19.9 Å². The summed E-state index contributed by atoms with van der Waals surface area (Å²) < 4.78 is 13.3. The standard InChI is InChI=1S/C15H19FN2/c1-9-3-6-14(10(9)2)18-8-11-4-5-12(16)7-13(11)15(18)17/h4-5,7,9-10,14,17H,3,6,8H2,1-2H3. The summed E-state index contributed by atoms with van der Waals surface area (Å²) in [6.07, 6.45) is 2.39. The first-order valence-corrected chi connectivity index (χ1v) is 6.72. The molecule has 0 spiro atoms. The molecule has 3 rings (SSSR count). The van der Waals surface area contributed by atoms with Gasteiger partial charge in [0.1, 0.15) is 11.7 Å². The van der Waals surface area contributed by atoms with Gasteiger partial charge in [-0.15, -0.1) is 0 Å². The first-order chi connectivity index (χ1) is 8.58. The van der Waals surface area contributed by atoms with Crippen LogP contribution >= 0.6 is 0 Å². The molecule has 1 aromatic rings. The Morgan fingerprint density at radius 1 is 1.28 bits per heavy atom. The van der Waals surface area contributed by atoms with Crippen molar-refractivity contribution in [2.24, 2.45) is 11.8 Å². The summed E-state index contributed by atoms with van der Waals surface area (Å²) in [5.41, 5.74) is 1.87. The van der Waals surface area contributed by atoms with Crippen LogP contribution in [0.2, 0.25) is 0 Å². The number of rotatable bonds is 1. The second-order valence-electron chi connectivity index (χ2n) is 5.76. The van der Waals surface area contributed by atoms with Crippen LogP contribution in [-0.2, 0) is 6.54 Å². The third kappa shape index (κ3) is 1.64. The topological polar surface area (TPSA) is 27.1 Å². The van der Waals surface area contributed by atoms with Crippen molar-refractivity contribution in [2.45, 2.75) is 39.3 Å². The van der Waals surface area contributed by atoms with Crippen LogP contribution in [0.25, 0.3) is 0 Å². The van der Waals surface area contributed by atoms with Crippen LogP contribution in [-0.4, -0.2) is 16.8 Å². The average molecular weight is 246 g/mol. The second-order valence-corrected chi connectivity index (χ2v) is 5.76. The van der Waals surface area contributed by atoms with Crippen molar-refractivity contribution in [3.63, 3.8) is 0 Å². The maximum absolute atomic E-state index is 13.3. The summed E-state index contributed by atoms with van der Waals surface area (Å²) in [4.78, 5) is 2.16. The molecular formula is C15H19FN2. The predicted molar refractivity (Wildman–Crippen MR) is 70.1 cm³/mol. The molecule has 2 aliphatic rings. The Labute approximate surface area is 107 Å². The summed E-state index contributed by atoms with van der Waals surface area (Å²) in [5.74, 6) is 1.61. The molecule has 3 atom stereocenters. The Bertz CT molecular complexity index is 497. The van der Waals surface area contributed by atoms with E-state index in [1.54, 1.807) is 0 Å². The number of hydrogen-bond donors (Lipinski definition) is 1. The first-order valence-electron chi connectivity index (χ1n) is 6.72. The van der Waals surface area contributed by atoms with Gasteiger partial charge in [0.15, 0.2) is 0 Å². The molecule has 18 heavy (non-hydrogen) atoms. The fourth-order valence-corrected chi connectivity index (χ4v) is 3.39. The molecule has 2 nitrogen and oxygen atoms in total. The fraction of sp³-hybridized carbons (Fsp3) is 0.533. The third-order valence-electron chi connectivity index (χ3n) is 4.78. The molecule has 1 aliphatic heterocycles. The summed E-state index contributed by atoms with van der Waals surface area (Å²) in [7, 11) is 0. The summed E-state index contributed by atoms with van der Waals surface area (Å²) >= 11 is 0. The smallest absolute Gasteiger partial charge is 0.129 e.